The summed E-state index contributed by atoms with van der Waals surface area (Å²) in [6.07, 6.45) is 14.0. The Kier molecular flexibility index (Phi) is 19.3. The van der Waals surface area contributed by atoms with E-state index in [0.29, 0.717) is 12.8 Å². The number of aliphatic carboxylic acids is 2. The minimum Gasteiger partial charge on any atom is -0.549 e. The van der Waals surface area contributed by atoms with E-state index in [0.717, 1.165) is 32.1 Å². The summed E-state index contributed by atoms with van der Waals surface area (Å²) < 4.78 is 0. The normalized spacial score (nSPS) is 11.1. The van der Waals surface area contributed by atoms with Crippen molar-refractivity contribution in [1.82, 2.24) is 0 Å². The van der Waals surface area contributed by atoms with Gasteiger partial charge < -0.3 is 19.8 Å². The first-order valence-electron chi connectivity index (χ1n) is 9.94. The van der Waals surface area contributed by atoms with Gasteiger partial charge in [0.25, 0.3) is 0 Å². The van der Waals surface area contributed by atoms with Crippen LogP contribution in [0.1, 0.15) is 110 Å². The minimum absolute atomic E-state index is 0. The molecule has 142 valence electrons. The van der Waals surface area contributed by atoms with Crippen LogP contribution in [-0.4, -0.2) is 49.7 Å². The van der Waals surface area contributed by atoms with Crippen molar-refractivity contribution in [2.75, 3.05) is 0 Å². The van der Waals surface area contributed by atoms with Crippen LogP contribution in [0.15, 0.2) is 0 Å². The zero-order valence-electron chi connectivity index (χ0n) is 16.4. The number of carbonyl (C=O) groups is 2. The van der Waals surface area contributed by atoms with Crippen LogP contribution in [0, 0.1) is 5.41 Å². The maximum Gasteiger partial charge on any atom is 2.00 e. The summed E-state index contributed by atoms with van der Waals surface area (Å²) in [4.78, 5) is 22.8. The van der Waals surface area contributed by atoms with Crippen LogP contribution in [0.2, 0.25) is 0 Å². The summed E-state index contributed by atoms with van der Waals surface area (Å²) in [5, 5.41) is 22.8. The van der Waals surface area contributed by atoms with Gasteiger partial charge in [-0.15, -0.1) is 0 Å². The molecule has 5 heteroatoms. The fourth-order valence-electron chi connectivity index (χ4n) is 3.21. The first-order valence-corrected chi connectivity index (χ1v) is 9.94. The van der Waals surface area contributed by atoms with E-state index >= 15 is 0 Å². The molecule has 0 saturated heterocycles. The molecule has 0 aromatic rings. The molecular formula is C20H36CaO4. The molecular weight excluding hydrogens is 344 g/mol. The van der Waals surface area contributed by atoms with Crippen molar-refractivity contribution in [2.24, 2.45) is 5.41 Å². The second-order valence-electron chi connectivity index (χ2n) is 7.05. The average Bonchev–Trinajstić information content (AvgIpc) is 2.54. The monoisotopic (exact) mass is 380 g/mol. The maximum atomic E-state index is 11.4. The van der Waals surface area contributed by atoms with Gasteiger partial charge in [0.05, 0.1) is 11.9 Å². The zero-order valence-corrected chi connectivity index (χ0v) is 18.7. The molecule has 0 spiro atoms. The number of carboxylic acid groups (broad SMARTS) is 2. The summed E-state index contributed by atoms with van der Waals surface area (Å²) in [5.41, 5.74) is -1.80. The third-order valence-electron chi connectivity index (χ3n) is 4.95. The third kappa shape index (κ3) is 12.3. The molecule has 0 aliphatic rings. The Morgan fingerprint density at radius 2 is 0.880 bits per heavy atom. The second-order valence-corrected chi connectivity index (χ2v) is 7.05. The number of rotatable bonds is 17. The van der Waals surface area contributed by atoms with Crippen LogP contribution in [0.25, 0.3) is 0 Å². The Morgan fingerprint density at radius 1 is 0.600 bits per heavy atom. The van der Waals surface area contributed by atoms with Crippen molar-refractivity contribution in [3.8, 4) is 0 Å². The molecule has 0 radical (unpaired) electrons. The van der Waals surface area contributed by atoms with E-state index < -0.39 is 17.4 Å². The summed E-state index contributed by atoms with van der Waals surface area (Å²) >= 11 is 0. The van der Waals surface area contributed by atoms with Gasteiger partial charge in [0.1, 0.15) is 0 Å². The standard InChI is InChI=1S/C20H38O4.Ca/c1-3-5-7-8-9-10-11-12-13-15-17-20(18(21)22,19(23)24)16-14-6-4-2;/h3-17H2,1-2H3,(H,21,22)(H,23,24);/q;+2/p-2. The van der Waals surface area contributed by atoms with Gasteiger partial charge in [-0.25, -0.2) is 0 Å². The van der Waals surface area contributed by atoms with Gasteiger partial charge >= 0.3 is 37.7 Å². The first-order chi connectivity index (χ1) is 11.5. The van der Waals surface area contributed by atoms with E-state index in [1.54, 1.807) is 0 Å². The molecule has 0 amide bonds. The fourth-order valence-corrected chi connectivity index (χ4v) is 3.21. The van der Waals surface area contributed by atoms with Gasteiger partial charge in [0.15, 0.2) is 0 Å². The molecule has 25 heavy (non-hydrogen) atoms. The molecule has 0 fully saturated rings. The van der Waals surface area contributed by atoms with Crippen molar-refractivity contribution in [3.63, 3.8) is 0 Å². The summed E-state index contributed by atoms with van der Waals surface area (Å²) in [6, 6.07) is 0. The van der Waals surface area contributed by atoms with Gasteiger partial charge in [-0.1, -0.05) is 97.3 Å². The van der Waals surface area contributed by atoms with Crippen LogP contribution in [0.3, 0.4) is 0 Å². The molecule has 0 atom stereocenters. The first kappa shape index (κ1) is 27.4. The van der Waals surface area contributed by atoms with Gasteiger partial charge in [0.2, 0.25) is 0 Å². The largest absolute Gasteiger partial charge is 2.00 e. The Bertz CT molecular complexity index is 331. The smallest absolute Gasteiger partial charge is 0.549 e. The van der Waals surface area contributed by atoms with Crippen LogP contribution >= 0.6 is 0 Å². The molecule has 0 aromatic carbocycles. The summed E-state index contributed by atoms with van der Waals surface area (Å²) in [5.74, 6) is -2.95. The second kappa shape index (κ2) is 17.6. The molecule has 0 aliphatic carbocycles. The van der Waals surface area contributed by atoms with Gasteiger partial charge in [0, 0.05) is 5.41 Å². The molecule has 0 rings (SSSR count). The fraction of sp³-hybridized carbons (Fsp3) is 0.900. The van der Waals surface area contributed by atoms with Crippen LogP contribution in [0.5, 0.6) is 0 Å². The van der Waals surface area contributed by atoms with Crippen LogP contribution in [-0.2, 0) is 9.59 Å². The van der Waals surface area contributed by atoms with Crippen LogP contribution in [0.4, 0.5) is 0 Å². The predicted molar refractivity (Wildman–Crippen MR) is 98.8 cm³/mol. The molecule has 0 N–H and O–H groups in total. The van der Waals surface area contributed by atoms with Crippen molar-refractivity contribution < 1.29 is 19.8 Å². The van der Waals surface area contributed by atoms with E-state index in [4.69, 9.17) is 0 Å². The summed E-state index contributed by atoms with van der Waals surface area (Å²) in [6.45, 7) is 4.21. The van der Waals surface area contributed by atoms with E-state index in [-0.39, 0.29) is 50.6 Å². The maximum absolute atomic E-state index is 11.4. The average molecular weight is 381 g/mol. The molecule has 4 nitrogen and oxygen atoms in total. The number of carbonyl (C=O) groups excluding carboxylic acids is 2. The van der Waals surface area contributed by atoms with E-state index in [1.165, 1.54) is 38.5 Å². The van der Waals surface area contributed by atoms with Crippen molar-refractivity contribution >= 4 is 49.7 Å². The summed E-state index contributed by atoms with van der Waals surface area (Å²) in [7, 11) is 0. The Labute approximate surface area is 184 Å². The number of carboxylic acids is 2. The van der Waals surface area contributed by atoms with Crippen molar-refractivity contribution in [1.29, 1.82) is 0 Å². The van der Waals surface area contributed by atoms with Crippen molar-refractivity contribution in [2.45, 2.75) is 110 Å². The molecule has 0 saturated carbocycles. The van der Waals surface area contributed by atoms with Crippen molar-refractivity contribution in [3.05, 3.63) is 0 Å². The Balaban J connectivity index is 0. The Hall–Kier alpha value is 0.200. The zero-order chi connectivity index (χ0) is 18.3. The molecule has 0 heterocycles. The Morgan fingerprint density at radius 3 is 1.24 bits per heavy atom. The number of hydrogen-bond acceptors (Lipinski definition) is 4. The molecule has 0 aromatic heterocycles. The van der Waals surface area contributed by atoms with E-state index in [9.17, 15) is 19.8 Å². The molecule has 0 bridgehead atoms. The number of hydrogen-bond donors (Lipinski definition) is 0. The van der Waals surface area contributed by atoms with Gasteiger partial charge in [-0.2, -0.15) is 0 Å². The molecule has 0 unspecified atom stereocenters. The number of unbranched alkanes of at least 4 members (excludes halogenated alkanes) is 11. The third-order valence-corrected chi connectivity index (χ3v) is 4.95. The SMILES string of the molecule is CCCCCCCCCCCCC(CCCCC)(C(=O)[O-])C(=O)[O-].[Ca+2]. The van der Waals surface area contributed by atoms with E-state index in [2.05, 4.69) is 6.92 Å². The topological polar surface area (TPSA) is 80.3 Å². The molecule has 0 aliphatic heterocycles. The predicted octanol–water partition coefficient (Wildman–Crippen LogP) is 2.98. The van der Waals surface area contributed by atoms with E-state index in [1.807, 2.05) is 6.92 Å². The minimum atomic E-state index is -1.80. The van der Waals surface area contributed by atoms with Gasteiger partial charge in [-0.05, 0) is 12.8 Å². The van der Waals surface area contributed by atoms with Gasteiger partial charge in [-0.3, -0.25) is 0 Å². The van der Waals surface area contributed by atoms with Crippen LogP contribution < -0.4 is 10.2 Å². The quantitative estimate of drug-likeness (QED) is 0.221.